The normalized spacial score (nSPS) is 12.1. The topological polar surface area (TPSA) is 62.2 Å². The van der Waals surface area contributed by atoms with E-state index >= 15 is 0 Å². The summed E-state index contributed by atoms with van der Waals surface area (Å²) in [7, 11) is 0. The summed E-state index contributed by atoms with van der Waals surface area (Å²) < 4.78 is 0. The van der Waals surface area contributed by atoms with Crippen LogP contribution in [-0.4, -0.2) is 22.1 Å². The smallest absolute Gasteiger partial charge is 0.305 e. The van der Waals surface area contributed by atoms with Gasteiger partial charge < -0.3 is 10.4 Å². The minimum absolute atomic E-state index is 0.0186. The molecule has 0 aliphatic rings. The van der Waals surface area contributed by atoms with Gasteiger partial charge in [0.25, 0.3) is 0 Å². The van der Waals surface area contributed by atoms with E-state index in [-0.39, 0.29) is 12.5 Å². The molecule has 4 nitrogen and oxygen atoms in total. The Balaban J connectivity index is 2.53. The maximum atomic E-state index is 10.5. The van der Waals surface area contributed by atoms with Crippen molar-refractivity contribution in [2.75, 3.05) is 5.32 Å². The van der Waals surface area contributed by atoms with Gasteiger partial charge in [-0.1, -0.05) is 6.92 Å². The molecule has 0 spiro atoms. The van der Waals surface area contributed by atoms with Crippen molar-refractivity contribution in [2.45, 2.75) is 25.8 Å². The molecular weight excluding hydrogens is 180 g/mol. The number of aromatic nitrogens is 1. The number of carbonyl (C=O) groups is 1. The number of anilines is 1. The number of carboxylic acid groups (broad SMARTS) is 1. The molecule has 2 N–H and O–H groups in total. The van der Waals surface area contributed by atoms with E-state index in [0.717, 1.165) is 12.1 Å². The Morgan fingerprint density at radius 2 is 2.21 bits per heavy atom. The molecule has 1 heterocycles. The molecule has 0 aliphatic carbocycles. The van der Waals surface area contributed by atoms with E-state index in [1.54, 1.807) is 12.4 Å². The number of nitrogens with zero attached hydrogens (tertiary/aromatic N) is 1. The van der Waals surface area contributed by atoms with Crippen molar-refractivity contribution in [3.8, 4) is 0 Å². The fraction of sp³-hybridized carbons (Fsp3) is 0.400. The largest absolute Gasteiger partial charge is 0.481 e. The predicted octanol–water partition coefficient (Wildman–Crippen LogP) is 1.75. The zero-order valence-corrected chi connectivity index (χ0v) is 8.10. The highest BCUT2D eigenvalue weighted by molar-refractivity contribution is 5.68. The highest BCUT2D eigenvalue weighted by Gasteiger charge is 2.09. The van der Waals surface area contributed by atoms with E-state index in [1.807, 2.05) is 19.1 Å². The third-order valence-electron chi connectivity index (χ3n) is 1.96. The van der Waals surface area contributed by atoms with Crippen molar-refractivity contribution in [2.24, 2.45) is 0 Å². The van der Waals surface area contributed by atoms with Gasteiger partial charge in [-0.2, -0.15) is 0 Å². The zero-order chi connectivity index (χ0) is 10.4. The minimum Gasteiger partial charge on any atom is -0.481 e. The van der Waals surface area contributed by atoms with Crippen LogP contribution in [0.4, 0.5) is 5.69 Å². The molecule has 0 saturated carbocycles. The molecule has 76 valence electrons. The molecule has 0 amide bonds. The Bertz CT molecular complexity index is 287. The number of carboxylic acids is 1. The molecule has 0 bridgehead atoms. The monoisotopic (exact) mass is 194 g/mol. The zero-order valence-electron chi connectivity index (χ0n) is 8.10. The Morgan fingerprint density at radius 1 is 1.57 bits per heavy atom. The number of rotatable bonds is 5. The average Bonchev–Trinajstić information content (AvgIpc) is 2.17. The van der Waals surface area contributed by atoms with Crippen molar-refractivity contribution in [3.63, 3.8) is 0 Å². The van der Waals surface area contributed by atoms with Gasteiger partial charge in [0.1, 0.15) is 0 Å². The van der Waals surface area contributed by atoms with E-state index in [0.29, 0.717) is 0 Å². The summed E-state index contributed by atoms with van der Waals surface area (Å²) in [6, 6.07) is 3.63. The van der Waals surface area contributed by atoms with Gasteiger partial charge in [-0.25, -0.2) is 0 Å². The number of nitrogens with one attached hydrogen (secondary N) is 1. The van der Waals surface area contributed by atoms with Crippen LogP contribution in [0.2, 0.25) is 0 Å². The average molecular weight is 194 g/mol. The molecule has 4 heteroatoms. The van der Waals surface area contributed by atoms with Gasteiger partial charge in [0.2, 0.25) is 0 Å². The van der Waals surface area contributed by atoms with Crippen molar-refractivity contribution < 1.29 is 9.90 Å². The van der Waals surface area contributed by atoms with E-state index in [1.165, 1.54) is 0 Å². The minimum atomic E-state index is -0.779. The van der Waals surface area contributed by atoms with Crippen LogP contribution >= 0.6 is 0 Å². The van der Waals surface area contributed by atoms with Crippen LogP contribution in [-0.2, 0) is 4.79 Å². The predicted molar refractivity (Wildman–Crippen MR) is 54.2 cm³/mol. The molecule has 0 saturated heterocycles. The summed E-state index contributed by atoms with van der Waals surface area (Å²) in [6.45, 7) is 1.96. The third-order valence-corrected chi connectivity index (χ3v) is 1.96. The molecular formula is C10H14N2O2. The lowest BCUT2D eigenvalue weighted by Crippen LogP contribution is -2.22. The summed E-state index contributed by atoms with van der Waals surface area (Å²) in [5.74, 6) is -0.779. The van der Waals surface area contributed by atoms with E-state index in [4.69, 9.17) is 5.11 Å². The summed E-state index contributed by atoms with van der Waals surface area (Å²) in [5, 5.41) is 11.8. The van der Waals surface area contributed by atoms with Crippen molar-refractivity contribution in [1.82, 2.24) is 4.98 Å². The summed E-state index contributed by atoms with van der Waals surface area (Å²) in [4.78, 5) is 14.4. The molecule has 1 atom stereocenters. The lowest BCUT2D eigenvalue weighted by molar-refractivity contribution is -0.137. The van der Waals surface area contributed by atoms with Gasteiger partial charge in [-0.05, 0) is 18.6 Å². The van der Waals surface area contributed by atoms with Crippen LogP contribution in [0.3, 0.4) is 0 Å². The van der Waals surface area contributed by atoms with Gasteiger partial charge in [-0.3, -0.25) is 9.78 Å². The maximum Gasteiger partial charge on any atom is 0.305 e. The van der Waals surface area contributed by atoms with Crippen molar-refractivity contribution in [1.29, 1.82) is 0 Å². The van der Waals surface area contributed by atoms with E-state index in [9.17, 15) is 4.79 Å². The van der Waals surface area contributed by atoms with Crippen molar-refractivity contribution >= 4 is 11.7 Å². The first kappa shape index (κ1) is 10.5. The summed E-state index contributed by atoms with van der Waals surface area (Å²) in [5.41, 5.74) is 0.910. The van der Waals surface area contributed by atoms with E-state index in [2.05, 4.69) is 10.3 Å². The summed E-state index contributed by atoms with van der Waals surface area (Å²) >= 11 is 0. The molecule has 1 aromatic heterocycles. The number of pyridine rings is 1. The van der Waals surface area contributed by atoms with Gasteiger partial charge in [0.05, 0.1) is 6.42 Å². The fourth-order valence-electron chi connectivity index (χ4n) is 1.19. The second-order valence-corrected chi connectivity index (χ2v) is 3.08. The molecule has 0 aliphatic heterocycles. The van der Waals surface area contributed by atoms with Gasteiger partial charge in [0, 0.05) is 24.1 Å². The lowest BCUT2D eigenvalue weighted by Gasteiger charge is -2.15. The molecule has 14 heavy (non-hydrogen) atoms. The van der Waals surface area contributed by atoms with Crippen LogP contribution in [0.1, 0.15) is 19.8 Å². The lowest BCUT2D eigenvalue weighted by atomic mass is 10.1. The van der Waals surface area contributed by atoms with Gasteiger partial charge in [0.15, 0.2) is 0 Å². The van der Waals surface area contributed by atoms with Crippen LogP contribution in [0.25, 0.3) is 0 Å². The van der Waals surface area contributed by atoms with Crippen LogP contribution in [0.5, 0.6) is 0 Å². The van der Waals surface area contributed by atoms with Crippen LogP contribution in [0.15, 0.2) is 24.5 Å². The molecule has 0 aromatic carbocycles. The van der Waals surface area contributed by atoms with Gasteiger partial charge >= 0.3 is 5.97 Å². The van der Waals surface area contributed by atoms with Crippen molar-refractivity contribution in [3.05, 3.63) is 24.5 Å². The Morgan fingerprint density at radius 3 is 2.71 bits per heavy atom. The van der Waals surface area contributed by atoms with Crippen LogP contribution in [0, 0.1) is 0 Å². The first-order chi connectivity index (χ1) is 6.72. The molecule has 1 rings (SSSR count). The summed E-state index contributed by atoms with van der Waals surface area (Å²) in [6.07, 6.45) is 4.28. The SMILES string of the molecule is CCC(CC(=O)O)Nc1ccncc1. The fourth-order valence-corrected chi connectivity index (χ4v) is 1.19. The Hall–Kier alpha value is -1.58. The van der Waals surface area contributed by atoms with Crippen LogP contribution < -0.4 is 5.32 Å². The molecule has 0 radical (unpaired) electrons. The Labute approximate surface area is 83.0 Å². The second kappa shape index (κ2) is 5.21. The van der Waals surface area contributed by atoms with Gasteiger partial charge in [-0.15, -0.1) is 0 Å². The first-order valence-corrected chi connectivity index (χ1v) is 4.60. The Kier molecular flexibility index (Phi) is 3.91. The highest BCUT2D eigenvalue weighted by atomic mass is 16.4. The molecule has 1 aromatic rings. The maximum absolute atomic E-state index is 10.5. The standard InChI is InChI=1S/C10H14N2O2/c1-2-8(7-10(13)14)12-9-3-5-11-6-4-9/h3-6,8H,2,7H2,1H3,(H,11,12)(H,13,14). The number of hydrogen-bond donors (Lipinski definition) is 2. The first-order valence-electron chi connectivity index (χ1n) is 4.60. The molecule has 0 fully saturated rings. The quantitative estimate of drug-likeness (QED) is 0.749. The number of aliphatic carboxylic acids is 1. The van der Waals surface area contributed by atoms with E-state index < -0.39 is 5.97 Å². The molecule has 1 unspecified atom stereocenters. The highest BCUT2D eigenvalue weighted by Crippen LogP contribution is 2.09. The number of hydrogen-bond acceptors (Lipinski definition) is 3. The third kappa shape index (κ3) is 3.43. The second-order valence-electron chi connectivity index (χ2n) is 3.08.